The van der Waals surface area contributed by atoms with Crippen molar-refractivity contribution < 1.29 is 17.9 Å². The topological polar surface area (TPSA) is 102 Å². The van der Waals surface area contributed by atoms with Crippen LogP contribution in [0.25, 0.3) is 0 Å². The molecule has 2 aromatic rings. The predicted octanol–water partition coefficient (Wildman–Crippen LogP) is 3.18. The van der Waals surface area contributed by atoms with Crippen molar-refractivity contribution in [1.82, 2.24) is 0 Å². The van der Waals surface area contributed by atoms with Gasteiger partial charge in [-0.05, 0) is 59.2 Å². The smallest absolute Gasteiger partial charge is 0.318 e. The van der Waals surface area contributed by atoms with E-state index in [2.05, 4.69) is 28.5 Å². The molecule has 1 aromatic heterocycles. The van der Waals surface area contributed by atoms with Crippen molar-refractivity contribution in [3.05, 3.63) is 46.2 Å². The first-order valence-corrected chi connectivity index (χ1v) is 10.3. The number of carbonyl (C=O) groups excluding carboxylic acids is 1. The lowest BCUT2D eigenvalue weighted by atomic mass is 9.95. The summed E-state index contributed by atoms with van der Waals surface area (Å²) in [6.07, 6.45) is 0.250. The summed E-state index contributed by atoms with van der Waals surface area (Å²) in [5, 5.41) is 4.13. The molecule has 0 saturated heterocycles. The molecule has 146 valence electrons. The number of benzene rings is 1. The van der Waals surface area contributed by atoms with Gasteiger partial charge >= 0.3 is 10.5 Å². The third-order valence-electron chi connectivity index (χ3n) is 3.63. The number of rotatable bonds is 5. The first-order chi connectivity index (χ1) is 12.8. The van der Waals surface area contributed by atoms with Crippen molar-refractivity contribution in [3.63, 3.8) is 0 Å². The van der Waals surface area contributed by atoms with Crippen LogP contribution in [0, 0.1) is 0 Å². The molecule has 0 spiro atoms. The SMILES string of the molecule is CCOc1ccc(C(C)c2ccsc2)cc1N(C)C(=S)N=S(=O)=O.NC=O. The van der Waals surface area contributed by atoms with Gasteiger partial charge in [0.15, 0.2) is 0 Å². The molecule has 0 aliphatic carbocycles. The molecular formula is C17H21N3O4S3. The van der Waals surface area contributed by atoms with Crippen LogP contribution in [0.5, 0.6) is 5.75 Å². The zero-order chi connectivity index (χ0) is 20.4. The van der Waals surface area contributed by atoms with Gasteiger partial charge in [0.2, 0.25) is 11.5 Å². The van der Waals surface area contributed by atoms with Crippen LogP contribution in [-0.2, 0) is 15.3 Å². The Bertz CT molecular complexity index is 888. The quantitative estimate of drug-likeness (QED) is 0.581. The number of carbonyl (C=O) groups is 1. The Kier molecular flexibility index (Phi) is 9.62. The lowest BCUT2D eigenvalue weighted by molar-refractivity contribution is -0.106. The molecule has 2 rings (SSSR count). The lowest BCUT2D eigenvalue weighted by Crippen LogP contribution is -2.23. The maximum Gasteiger partial charge on any atom is 0.318 e. The van der Waals surface area contributed by atoms with Gasteiger partial charge in [-0.25, -0.2) is 0 Å². The molecule has 1 atom stereocenters. The van der Waals surface area contributed by atoms with Crippen LogP contribution < -0.4 is 15.4 Å². The highest BCUT2D eigenvalue weighted by molar-refractivity contribution is 7.81. The Morgan fingerprint density at radius 2 is 2.07 bits per heavy atom. The van der Waals surface area contributed by atoms with Gasteiger partial charge in [0, 0.05) is 13.0 Å². The summed E-state index contributed by atoms with van der Waals surface area (Å²) < 4.78 is 30.6. The summed E-state index contributed by atoms with van der Waals surface area (Å²) in [4.78, 5) is 10.1. The Morgan fingerprint density at radius 1 is 1.41 bits per heavy atom. The minimum absolute atomic E-state index is 0.0374. The highest BCUT2D eigenvalue weighted by Crippen LogP contribution is 2.34. The van der Waals surface area contributed by atoms with Crippen molar-refractivity contribution >= 4 is 51.3 Å². The number of hydrogen-bond donors (Lipinski definition) is 1. The van der Waals surface area contributed by atoms with Crippen LogP contribution in [-0.4, -0.2) is 33.6 Å². The van der Waals surface area contributed by atoms with E-state index in [1.807, 2.05) is 30.5 Å². The largest absolute Gasteiger partial charge is 0.492 e. The molecule has 0 radical (unpaired) electrons. The number of ether oxygens (including phenoxy) is 1. The highest BCUT2D eigenvalue weighted by atomic mass is 32.2. The van der Waals surface area contributed by atoms with Gasteiger partial charge in [0.1, 0.15) is 5.75 Å². The maximum atomic E-state index is 10.8. The molecule has 0 bridgehead atoms. The predicted molar refractivity (Wildman–Crippen MR) is 112 cm³/mol. The van der Waals surface area contributed by atoms with E-state index in [0.29, 0.717) is 18.0 Å². The van der Waals surface area contributed by atoms with Crippen molar-refractivity contribution in [3.8, 4) is 5.75 Å². The number of nitrogens with two attached hydrogens (primary N) is 1. The standard InChI is InChI=1S/C16H18N2O3S3.CH3NO/c1-4-21-15-6-5-12(11(2)13-7-8-23-10-13)9-14(15)18(3)16(22)17-24(19)20;2-1-3/h5-11H,4H2,1-3H3;1H,(H2,2,3). The van der Waals surface area contributed by atoms with Crippen LogP contribution in [0.15, 0.2) is 39.4 Å². The summed E-state index contributed by atoms with van der Waals surface area (Å²) in [6, 6.07) is 7.94. The summed E-state index contributed by atoms with van der Waals surface area (Å²) in [5.41, 5.74) is 7.17. The Morgan fingerprint density at radius 3 is 2.59 bits per heavy atom. The second kappa shape index (κ2) is 11.4. The zero-order valence-corrected chi connectivity index (χ0v) is 17.6. The average molecular weight is 428 g/mol. The van der Waals surface area contributed by atoms with E-state index in [0.717, 1.165) is 5.56 Å². The highest BCUT2D eigenvalue weighted by Gasteiger charge is 2.17. The fourth-order valence-corrected chi connectivity index (χ4v) is 3.57. The van der Waals surface area contributed by atoms with Gasteiger partial charge in [0.05, 0.1) is 12.3 Å². The number of amides is 1. The Balaban J connectivity index is 0.00000114. The molecule has 0 saturated carbocycles. The summed E-state index contributed by atoms with van der Waals surface area (Å²) in [5.74, 6) is 0.841. The summed E-state index contributed by atoms with van der Waals surface area (Å²) >= 11 is 6.74. The normalized spacial score (nSPS) is 10.8. The molecule has 7 nitrogen and oxygen atoms in total. The summed E-state index contributed by atoms with van der Waals surface area (Å²) in [6.45, 7) is 4.51. The molecule has 1 heterocycles. The second-order valence-electron chi connectivity index (χ2n) is 5.22. The molecule has 1 amide bonds. The first-order valence-electron chi connectivity index (χ1n) is 7.88. The van der Waals surface area contributed by atoms with Gasteiger partial charge in [0.25, 0.3) is 0 Å². The third-order valence-corrected chi connectivity index (χ3v) is 5.13. The molecule has 10 heteroatoms. The van der Waals surface area contributed by atoms with Gasteiger partial charge in [-0.1, -0.05) is 13.0 Å². The number of nitrogens with zero attached hydrogens (tertiary/aromatic N) is 2. The molecule has 1 unspecified atom stereocenters. The van der Waals surface area contributed by atoms with E-state index in [4.69, 9.17) is 21.7 Å². The Hall–Kier alpha value is -2.30. The molecule has 27 heavy (non-hydrogen) atoms. The van der Waals surface area contributed by atoms with Crippen molar-refractivity contribution in [2.45, 2.75) is 19.8 Å². The molecule has 1 aromatic carbocycles. The van der Waals surface area contributed by atoms with Crippen LogP contribution >= 0.6 is 23.6 Å². The monoisotopic (exact) mass is 427 g/mol. The van der Waals surface area contributed by atoms with Crippen LogP contribution in [0.3, 0.4) is 0 Å². The molecule has 0 aliphatic heterocycles. The number of anilines is 1. The van der Waals surface area contributed by atoms with Gasteiger partial charge < -0.3 is 15.4 Å². The number of primary amides is 1. The van der Waals surface area contributed by atoms with E-state index in [1.165, 1.54) is 5.56 Å². The fraction of sp³-hybridized carbons (Fsp3) is 0.294. The fourth-order valence-electron chi connectivity index (χ4n) is 2.29. The molecule has 0 aliphatic rings. The third kappa shape index (κ3) is 6.74. The van der Waals surface area contributed by atoms with Crippen molar-refractivity contribution in [2.75, 3.05) is 18.6 Å². The van der Waals surface area contributed by atoms with Crippen LogP contribution in [0.4, 0.5) is 5.69 Å². The molecule has 0 fully saturated rings. The van der Waals surface area contributed by atoms with Gasteiger partial charge in [-0.15, -0.1) is 4.36 Å². The van der Waals surface area contributed by atoms with E-state index < -0.39 is 10.5 Å². The zero-order valence-electron chi connectivity index (χ0n) is 15.2. The number of thiocarbonyl (C=S) groups is 1. The van der Waals surface area contributed by atoms with E-state index in [1.54, 1.807) is 23.3 Å². The Labute approximate surface area is 169 Å². The average Bonchev–Trinajstić information content (AvgIpc) is 3.16. The van der Waals surface area contributed by atoms with Gasteiger partial charge in [-0.2, -0.15) is 19.8 Å². The minimum atomic E-state index is -2.59. The van der Waals surface area contributed by atoms with Crippen LogP contribution in [0.2, 0.25) is 0 Å². The van der Waals surface area contributed by atoms with Gasteiger partial charge in [-0.3, -0.25) is 4.79 Å². The van der Waals surface area contributed by atoms with Crippen LogP contribution in [0.1, 0.15) is 30.9 Å². The lowest BCUT2D eigenvalue weighted by Gasteiger charge is -2.22. The molecular weight excluding hydrogens is 406 g/mol. The number of hydrogen-bond acceptors (Lipinski definition) is 6. The van der Waals surface area contributed by atoms with Crippen molar-refractivity contribution in [2.24, 2.45) is 10.1 Å². The van der Waals surface area contributed by atoms with E-state index in [-0.39, 0.29) is 17.4 Å². The second-order valence-corrected chi connectivity index (χ2v) is 6.99. The first kappa shape index (κ1) is 22.7. The van der Waals surface area contributed by atoms with E-state index in [9.17, 15) is 8.42 Å². The molecule has 2 N–H and O–H groups in total. The maximum absolute atomic E-state index is 10.8. The minimum Gasteiger partial charge on any atom is -0.492 e. The summed E-state index contributed by atoms with van der Waals surface area (Å²) in [7, 11) is -0.910. The van der Waals surface area contributed by atoms with Crippen molar-refractivity contribution in [1.29, 1.82) is 0 Å². The number of thiophene rings is 1. The van der Waals surface area contributed by atoms with E-state index >= 15 is 0 Å².